The van der Waals surface area contributed by atoms with Crippen molar-refractivity contribution < 1.29 is 13.1 Å². The second kappa shape index (κ2) is 12.0. The van der Waals surface area contributed by atoms with Crippen LogP contribution in [-0.2, 0) is 20.2 Å². The van der Waals surface area contributed by atoms with E-state index in [9.17, 15) is 0 Å². The van der Waals surface area contributed by atoms with E-state index in [0.29, 0.717) is 0 Å². The van der Waals surface area contributed by atoms with Crippen LogP contribution in [0.1, 0.15) is 58.7 Å². The quantitative estimate of drug-likeness (QED) is 0.251. The molecule has 0 amide bonds. The van der Waals surface area contributed by atoms with Gasteiger partial charge in [0.1, 0.15) is 5.69 Å². The number of imidazole rings is 1. The molecular formula is C26H32Cl2FeN4. The Hall–Kier alpha value is -1.91. The normalized spacial score (nSPS) is 12.1. The molecule has 0 radical (unpaired) electrons. The molecule has 0 saturated heterocycles. The Balaban J connectivity index is 0.00000122. The van der Waals surface area contributed by atoms with Gasteiger partial charge < -0.3 is 4.57 Å². The van der Waals surface area contributed by atoms with Crippen LogP contribution in [0, 0.1) is 41.5 Å². The SMILES string of the molecule is CC(=Nc1c(C)cc(C)cc1C)c1cn(C)c(C(C)=Nc2c(C)cc(C)cc2C)n1.[Cl][Fe][Cl]. The van der Waals surface area contributed by atoms with Crippen LogP contribution in [0.3, 0.4) is 0 Å². The molecule has 0 aliphatic rings. The fraction of sp³-hybridized carbons (Fsp3) is 0.346. The van der Waals surface area contributed by atoms with Gasteiger partial charge in [0.15, 0.2) is 5.82 Å². The number of hydrogen-bond acceptors (Lipinski definition) is 3. The van der Waals surface area contributed by atoms with Crippen LogP contribution >= 0.6 is 20.2 Å². The average Bonchev–Trinajstić information content (AvgIpc) is 3.09. The first-order chi connectivity index (χ1) is 15.5. The summed E-state index contributed by atoms with van der Waals surface area (Å²) in [5, 5.41) is 0. The second-order valence-corrected chi connectivity index (χ2v) is 10.3. The number of nitrogens with zero attached hydrogens (tertiary/aromatic N) is 4. The first-order valence-electron chi connectivity index (χ1n) is 10.6. The first kappa shape index (κ1) is 27.3. The van der Waals surface area contributed by atoms with Gasteiger partial charge in [0.05, 0.1) is 22.8 Å². The van der Waals surface area contributed by atoms with Gasteiger partial charge in [-0.2, -0.15) is 0 Å². The molecule has 0 unspecified atom stereocenters. The van der Waals surface area contributed by atoms with Gasteiger partial charge in [-0.25, -0.2) is 9.98 Å². The van der Waals surface area contributed by atoms with E-state index >= 15 is 0 Å². The zero-order chi connectivity index (χ0) is 24.9. The van der Waals surface area contributed by atoms with Crippen molar-refractivity contribution in [2.45, 2.75) is 55.4 Å². The maximum atomic E-state index is 4.92. The molecule has 33 heavy (non-hydrogen) atoms. The van der Waals surface area contributed by atoms with E-state index in [1.807, 2.05) is 31.7 Å². The Kier molecular flexibility index (Phi) is 9.93. The fourth-order valence-electron chi connectivity index (χ4n) is 4.12. The van der Waals surface area contributed by atoms with Crippen molar-refractivity contribution in [3.63, 3.8) is 0 Å². The third kappa shape index (κ3) is 7.04. The van der Waals surface area contributed by atoms with Crippen molar-refractivity contribution in [3.8, 4) is 0 Å². The molecule has 0 aliphatic carbocycles. The van der Waals surface area contributed by atoms with E-state index in [4.69, 9.17) is 35.2 Å². The minimum atomic E-state index is 0.194. The Morgan fingerprint density at radius 1 is 0.758 bits per heavy atom. The van der Waals surface area contributed by atoms with E-state index < -0.39 is 0 Å². The maximum absolute atomic E-state index is 4.92. The number of aromatic nitrogens is 2. The van der Waals surface area contributed by atoms with Crippen LogP contribution in [0.5, 0.6) is 0 Å². The van der Waals surface area contributed by atoms with Gasteiger partial charge in [0.2, 0.25) is 0 Å². The molecule has 3 rings (SSSR count). The summed E-state index contributed by atoms with van der Waals surface area (Å²) in [5.74, 6) is 0.858. The molecule has 0 spiro atoms. The minimum absolute atomic E-state index is 0.194. The zero-order valence-corrected chi connectivity index (χ0v) is 23.4. The number of aryl methyl sites for hydroxylation is 7. The predicted molar refractivity (Wildman–Crippen MR) is 140 cm³/mol. The van der Waals surface area contributed by atoms with Crippen LogP contribution in [0.25, 0.3) is 0 Å². The van der Waals surface area contributed by atoms with E-state index in [1.165, 1.54) is 33.4 Å². The van der Waals surface area contributed by atoms with Crippen LogP contribution in [0.15, 0.2) is 40.4 Å². The Morgan fingerprint density at radius 3 is 1.52 bits per heavy atom. The number of benzene rings is 2. The van der Waals surface area contributed by atoms with Gasteiger partial charge in [-0.3, -0.25) is 4.99 Å². The molecule has 0 bridgehead atoms. The second-order valence-electron chi connectivity index (χ2n) is 8.50. The molecule has 0 aliphatic heterocycles. The summed E-state index contributed by atoms with van der Waals surface area (Å²) in [6.45, 7) is 16.7. The molecule has 2 aromatic carbocycles. The molecule has 1 aromatic heterocycles. The van der Waals surface area contributed by atoms with Crippen LogP contribution in [-0.4, -0.2) is 21.0 Å². The van der Waals surface area contributed by atoms with E-state index in [-0.39, 0.29) is 13.1 Å². The van der Waals surface area contributed by atoms with Crippen molar-refractivity contribution in [3.05, 3.63) is 75.4 Å². The van der Waals surface area contributed by atoms with Crippen molar-refractivity contribution in [2.24, 2.45) is 17.0 Å². The van der Waals surface area contributed by atoms with Gasteiger partial charge in [0.25, 0.3) is 0 Å². The summed E-state index contributed by atoms with van der Waals surface area (Å²) < 4.78 is 2.03. The molecule has 4 nitrogen and oxygen atoms in total. The molecule has 0 atom stereocenters. The van der Waals surface area contributed by atoms with E-state index in [2.05, 4.69) is 65.8 Å². The first-order valence-corrected chi connectivity index (χ1v) is 13.7. The average molecular weight is 527 g/mol. The number of hydrogen-bond donors (Lipinski definition) is 0. The molecule has 0 fully saturated rings. The van der Waals surface area contributed by atoms with Crippen molar-refractivity contribution in [1.29, 1.82) is 0 Å². The number of halogens is 2. The van der Waals surface area contributed by atoms with Crippen LogP contribution < -0.4 is 0 Å². The van der Waals surface area contributed by atoms with Gasteiger partial charge in [-0.05, 0) is 77.6 Å². The van der Waals surface area contributed by atoms with Crippen molar-refractivity contribution in [1.82, 2.24) is 9.55 Å². The molecular weight excluding hydrogens is 495 g/mol. The molecule has 3 aromatic rings. The summed E-state index contributed by atoms with van der Waals surface area (Å²) in [4.78, 5) is 14.7. The summed E-state index contributed by atoms with van der Waals surface area (Å²) in [6.07, 6.45) is 2.03. The number of aliphatic imine (C=N–C) groups is 2. The Labute approximate surface area is 212 Å². The number of rotatable bonds is 4. The van der Waals surface area contributed by atoms with Gasteiger partial charge >= 0.3 is 33.3 Å². The molecule has 0 saturated carbocycles. The van der Waals surface area contributed by atoms with Crippen molar-refractivity contribution >= 4 is 43.0 Å². The van der Waals surface area contributed by atoms with Crippen LogP contribution in [0.2, 0.25) is 0 Å². The zero-order valence-electron chi connectivity index (χ0n) is 20.8. The van der Waals surface area contributed by atoms with E-state index in [1.54, 1.807) is 0 Å². The summed E-state index contributed by atoms with van der Waals surface area (Å²) in [7, 11) is 11.5. The topological polar surface area (TPSA) is 42.5 Å². The molecule has 178 valence electrons. The molecule has 7 heteroatoms. The van der Waals surface area contributed by atoms with Crippen LogP contribution in [0.4, 0.5) is 11.4 Å². The van der Waals surface area contributed by atoms with Crippen molar-refractivity contribution in [2.75, 3.05) is 0 Å². The van der Waals surface area contributed by atoms with Gasteiger partial charge in [0, 0.05) is 13.2 Å². The summed E-state index contributed by atoms with van der Waals surface area (Å²) >= 11 is 0.194. The third-order valence-corrected chi connectivity index (χ3v) is 5.40. The molecule has 1 heterocycles. The Morgan fingerprint density at radius 2 is 1.12 bits per heavy atom. The summed E-state index contributed by atoms with van der Waals surface area (Å²) in [5.41, 5.74) is 12.0. The summed E-state index contributed by atoms with van der Waals surface area (Å²) in [6, 6.07) is 8.69. The monoisotopic (exact) mass is 526 g/mol. The Bertz CT molecular complexity index is 1160. The standard InChI is InChI=1S/C26H32N4.2ClH.Fe/c1-15-10-17(3)24(18(4)11-15)27-21(7)23-14-30(9)26(29-23)22(8)28-25-19(5)12-16(2)13-20(25)6;;;/h10-14H,1-9H3;2*1H;/q;;;+2/p-2. The van der Waals surface area contributed by atoms with Gasteiger partial charge in [-0.15, -0.1) is 0 Å². The molecule has 0 N–H and O–H groups in total. The third-order valence-electron chi connectivity index (χ3n) is 5.40. The fourth-order valence-corrected chi connectivity index (χ4v) is 4.12. The predicted octanol–water partition coefficient (Wildman–Crippen LogP) is 7.93. The van der Waals surface area contributed by atoms with E-state index in [0.717, 1.165) is 34.3 Å². The van der Waals surface area contributed by atoms with Gasteiger partial charge in [-0.1, -0.05) is 35.4 Å².